The molecule has 1 rings (SSSR count). The molecule has 0 aliphatic carbocycles. The Morgan fingerprint density at radius 1 is 1.53 bits per heavy atom. The number of rotatable bonds is 5. The van der Waals surface area contributed by atoms with E-state index >= 15 is 0 Å². The summed E-state index contributed by atoms with van der Waals surface area (Å²) < 4.78 is 4.83. The first-order valence-corrected chi connectivity index (χ1v) is 6.60. The summed E-state index contributed by atoms with van der Waals surface area (Å²) in [6.45, 7) is 8.20. The van der Waals surface area contributed by atoms with Gasteiger partial charge in [-0.15, -0.1) is 0 Å². The lowest BCUT2D eigenvalue weighted by Crippen LogP contribution is -2.44. The highest BCUT2D eigenvalue weighted by Gasteiger charge is 2.25. The molecule has 1 aliphatic rings. The Morgan fingerprint density at radius 2 is 2.24 bits per heavy atom. The normalized spacial score (nSPS) is 27.8. The molecule has 1 aliphatic heterocycles. The predicted molar refractivity (Wildman–Crippen MR) is 66.7 cm³/mol. The van der Waals surface area contributed by atoms with E-state index in [1.165, 1.54) is 12.8 Å². The third kappa shape index (κ3) is 5.04. The number of aliphatic hydroxyl groups excluding tert-OH is 1. The molecule has 3 unspecified atom stereocenters. The van der Waals surface area contributed by atoms with Gasteiger partial charge in [0.1, 0.15) is 0 Å². The summed E-state index contributed by atoms with van der Waals surface area (Å²) in [6, 6.07) is 0.496. The number of hydrogen-bond acceptors (Lipinski definition) is 4. The maximum Gasteiger partial charge on any atom is 0.308 e. The van der Waals surface area contributed by atoms with Gasteiger partial charge in [-0.05, 0) is 39.2 Å². The number of piperidine rings is 1. The van der Waals surface area contributed by atoms with Gasteiger partial charge in [0.05, 0.1) is 19.1 Å². The van der Waals surface area contributed by atoms with Crippen LogP contribution in [0.15, 0.2) is 0 Å². The summed E-state index contributed by atoms with van der Waals surface area (Å²) in [6.07, 6.45) is 1.85. The molecule has 1 fully saturated rings. The average Bonchev–Trinajstić information content (AvgIpc) is 2.22. The zero-order valence-electron chi connectivity index (χ0n) is 11.2. The number of β-amino-alcohol motifs (C(OH)–C–C–N with tert-alkyl or cyclic N) is 1. The number of carbonyl (C=O) groups is 1. The SMILES string of the molecule is CCOC(=O)CC(O)CN1CCC(C)CC1C. The smallest absolute Gasteiger partial charge is 0.308 e. The van der Waals surface area contributed by atoms with Crippen molar-refractivity contribution in [2.24, 2.45) is 5.92 Å². The van der Waals surface area contributed by atoms with Gasteiger partial charge in [-0.1, -0.05) is 6.92 Å². The number of ether oxygens (including phenoxy) is 1. The van der Waals surface area contributed by atoms with Crippen molar-refractivity contribution in [3.8, 4) is 0 Å². The molecule has 100 valence electrons. The van der Waals surface area contributed by atoms with E-state index in [0.717, 1.165) is 12.5 Å². The molecule has 0 spiro atoms. The van der Waals surface area contributed by atoms with Crippen molar-refractivity contribution in [2.45, 2.75) is 52.2 Å². The maximum atomic E-state index is 11.2. The molecule has 0 aromatic rings. The summed E-state index contributed by atoms with van der Waals surface area (Å²) in [4.78, 5) is 13.5. The Bertz CT molecular complexity index is 245. The Hall–Kier alpha value is -0.610. The first kappa shape index (κ1) is 14.5. The predicted octanol–water partition coefficient (Wildman–Crippen LogP) is 1.42. The summed E-state index contributed by atoms with van der Waals surface area (Å²) in [5.41, 5.74) is 0. The van der Waals surface area contributed by atoms with Gasteiger partial charge in [-0.25, -0.2) is 0 Å². The second-order valence-electron chi connectivity index (χ2n) is 5.14. The van der Waals surface area contributed by atoms with Gasteiger partial charge in [-0.2, -0.15) is 0 Å². The highest BCUT2D eigenvalue weighted by Crippen LogP contribution is 2.22. The summed E-state index contributed by atoms with van der Waals surface area (Å²) in [7, 11) is 0. The highest BCUT2D eigenvalue weighted by atomic mass is 16.5. The van der Waals surface area contributed by atoms with E-state index in [-0.39, 0.29) is 12.4 Å². The van der Waals surface area contributed by atoms with Crippen LogP contribution in [-0.4, -0.2) is 47.8 Å². The average molecular weight is 243 g/mol. The molecule has 1 saturated heterocycles. The van der Waals surface area contributed by atoms with Crippen LogP contribution in [0.5, 0.6) is 0 Å². The van der Waals surface area contributed by atoms with Crippen molar-refractivity contribution in [3.05, 3.63) is 0 Å². The van der Waals surface area contributed by atoms with Crippen molar-refractivity contribution in [1.82, 2.24) is 4.90 Å². The van der Waals surface area contributed by atoms with Crippen LogP contribution in [0.1, 0.15) is 40.0 Å². The second kappa shape index (κ2) is 6.97. The van der Waals surface area contributed by atoms with E-state index in [1.807, 2.05) is 0 Å². The van der Waals surface area contributed by atoms with Crippen molar-refractivity contribution < 1.29 is 14.6 Å². The Morgan fingerprint density at radius 3 is 2.82 bits per heavy atom. The minimum atomic E-state index is -0.607. The largest absolute Gasteiger partial charge is 0.466 e. The lowest BCUT2D eigenvalue weighted by atomic mass is 9.93. The van der Waals surface area contributed by atoms with Crippen LogP contribution in [0, 0.1) is 5.92 Å². The van der Waals surface area contributed by atoms with E-state index in [1.54, 1.807) is 6.92 Å². The number of aliphatic hydroxyl groups is 1. The molecule has 0 aromatic carbocycles. The Labute approximate surface area is 104 Å². The van der Waals surface area contributed by atoms with Gasteiger partial charge in [0, 0.05) is 12.6 Å². The lowest BCUT2D eigenvalue weighted by Gasteiger charge is -2.37. The number of carbonyl (C=O) groups excluding carboxylic acids is 1. The fourth-order valence-electron chi connectivity index (χ4n) is 2.47. The Kier molecular flexibility index (Phi) is 5.92. The summed E-state index contributed by atoms with van der Waals surface area (Å²) >= 11 is 0. The molecule has 4 heteroatoms. The monoisotopic (exact) mass is 243 g/mol. The standard InChI is InChI=1S/C13H25NO3/c1-4-17-13(16)8-12(15)9-14-6-5-10(2)7-11(14)3/h10-12,15H,4-9H2,1-3H3. The Balaban J connectivity index is 2.30. The van der Waals surface area contributed by atoms with Crippen LogP contribution in [0.4, 0.5) is 0 Å². The minimum absolute atomic E-state index is 0.104. The van der Waals surface area contributed by atoms with Crippen LogP contribution in [-0.2, 0) is 9.53 Å². The zero-order valence-corrected chi connectivity index (χ0v) is 11.2. The molecule has 1 N–H and O–H groups in total. The fourth-order valence-corrected chi connectivity index (χ4v) is 2.47. The first-order chi connectivity index (χ1) is 8.02. The van der Waals surface area contributed by atoms with Gasteiger partial charge in [0.25, 0.3) is 0 Å². The molecule has 0 bridgehead atoms. The van der Waals surface area contributed by atoms with Crippen molar-refractivity contribution in [3.63, 3.8) is 0 Å². The molecule has 3 atom stereocenters. The van der Waals surface area contributed by atoms with Gasteiger partial charge in [0.15, 0.2) is 0 Å². The van der Waals surface area contributed by atoms with Gasteiger partial charge >= 0.3 is 5.97 Å². The van der Waals surface area contributed by atoms with Crippen LogP contribution in [0.3, 0.4) is 0 Å². The number of esters is 1. The number of likely N-dealkylation sites (tertiary alicyclic amines) is 1. The first-order valence-electron chi connectivity index (χ1n) is 6.60. The maximum absolute atomic E-state index is 11.2. The minimum Gasteiger partial charge on any atom is -0.466 e. The van der Waals surface area contributed by atoms with Crippen molar-refractivity contribution in [1.29, 1.82) is 0 Å². The molecule has 0 amide bonds. The van der Waals surface area contributed by atoms with E-state index in [4.69, 9.17) is 4.74 Å². The molecule has 4 nitrogen and oxygen atoms in total. The molecule has 0 saturated carbocycles. The second-order valence-corrected chi connectivity index (χ2v) is 5.14. The quantitative estimate of drug-likeness (QED) is 0.742. The highest BCUT2D eigenvalue weighted by molar-refractivity contribution is 5.69. The van der Waals surface area contributed by atoms with Gasteiger partial charge < -0.3 is 9.84 Å². The van der Waals surface area contributed by atoms with E-state index in [2.05, 4.69) is 18.7 Å². The molecule has 17 heavy (non-hydrogen) atoms. The fraction of sp³-hybridized carbons (Fsp3) is 0.923. The van der Waals surface area contributed by atoms with Crippen LogP contribution >= 0.6 is 0 Å². The third-order valence-electron chi connectivity index (χ3n) is 3.43. The molecular formula is C13H25NO3. The molecular weight excluding hydrogens is 218 g/mol. The zero-order chi connectivity index (χ0) is 12.8. The number of hydrogen-bond donors (Lipinski definition) is 1. The van der Waals surface area contributed by atoms with Gasteiger partial charge in [-0.3, -0.25) is 9.69 Å². The topological polar surface area (TPSA) is 49.8 Å². The molecule has 0 radical (unpaired) electrons. The van der Waals surface area contributed by atoms with Crippen molar-refractivity contribution in [2.75, 3.05) is 19.7 Å². The van der Waals surface area contributed by atoms with Gasteiger partial charge in [0.2, 0.25) is 0 Å². The molecule has 1 heterocycles. The summed E-state index contributed by atoms with van der Waals surface area (Å²) in [5.74, 6) is 0.460. The van der Waals surface area contributed by atoms with Crippen LogP contribution in [0.2, 0.25) is 0 Å². The third-order valence-corrected chi connectivity index (χ3v) is 3.43. The van der Waals surface area contributed by atoms with E-state index in [9.17, 15) is 9.90 Å². The number of nitrogens with zero attached hydrogens (tertiary/aromatic N) is 1. The summed E-state index contributed by atoms with van der Waals surface area (Å²) in [5, 5.41) is 9.84. The van der Waals surface area contributed by atoms with Crippen LogP contribution < -0.4 is 0 Å². The van der Waals surface area contributed by atoms with Crippen molar-refractivity contribution >= 4 is 5.97 Å². The van der Waals surface area contributed by atoms with Crippen LogP contribution in [0.25, 0.3) is 0 Å². The van der Waals surface area contributed by atoms with E-state index < -0.39 is 6.10 Å². The molecule has 0 aromatic heterocycles. The van der Waals surface area contributed by atoms with E-state index in [0.29, 0.717) is 19.2 Å². The lowest BCUT2D eigenvalue weighted by molar-refractivity contribution is -0.145.